The van der Waals surface area contributed by atoms with Crippen LogP contribution in [0.15, 0.2) is 24.3 Å². The van der Waals surface area contributed by atoms with Crippen LogP contribution in [0.3, 0.4) is 0 Å². The van der Waals surface area contributed by atoms with E-state index >= 15 is 0 Å². The molecule has 4 heteroatoms. The van der Waals surface area contributed by atoms with Gasteiger partial charge in [-0.1, -0.05) is 28.1 Å². The number of ether oxygens (including phenoxy) is 1. The molecule has 1 saturated carbocycles. The van der Waals surface area contributed by atoms with E-state index in [1.165, 1.54) is 5.56 Å². The Bertz CT molecular complexity index is 429. The Morgan fingerprint density at radius 3 is 2.55 bits per heavy atom. The zero-order valence-electron chi connectivity index (χ0n) is 12.0. The molecule has 1 aromatic rings. The van der Waals surface area contributed by atoms with Crippen LogP contribution in [-0.4, -0.2) is 29.3 Å². The van der Waals surface area contributed by atoms with Crippen molar-refractivity contribution in [1.82, 2.24) is 4.90 Å². The van der Waals surface area contributed by atoms with Gasteiger partial charge in [-0.15, -0.1) is 0 Å². The third kappa shape index (κ3) is 4.51. The SMILES string of the molecule is COc1ccc(CN(C(=O)CCCCBr)C2CC2)cc1. The molecule has 0 radical (unpaired) electrons. The number of nitrogens with zero attached hydrogens (tertiary/aromatic N) is 1. The van der Waals surface area contributed by atoms with Crippen LogP contribution in [0.4, 0.5) is 0 Å². The van der Waals surface area contributed by atoms with Crippen molar-refractivity contribution >= 4 is 21.8 Å². The van der Waals surface area contributed by atoms with Gasteiger partial charge >= 0.3 is 0 Å². The molecule has 0 heterocycles. The van der Waals surface area contributed by atoms with Gasteiger partial charge in [-0.25, -0.2) is 0 Å². The zero-order chi connectivity index (χ0) is 14.4. The summed E-state index contributed by atoms with van der Waals surface area (Å²) in [6.07, 6.45) is 5.00. The number of carbonyl (C=O) groups is 1. The lowest BCUT2D eigenvalue weighted by Crippen LogP contribution is -2.32. The summed E-state index contributed by atoms with van der Waals surface area (Å²) in [6.45, 7) is 0.724. The van der Waals surface area contributed by atoms with Gasteiger partial charge in [0.15, 0.2) is 0 Å². The molecule has 1 fully saturated rings. The Morgan fingerprint density at radius 2 is 2.00 bits per heavy atom. The average Bonchev–Trinajstić information content (AvgIpc) is 3.30. The third-order valence-electron chi connectivity index (χ3n) is 3.59. The van der Waals surface area contributed by atoms with E-state index in [1.54, 1.807) is 7.11 Å². The van der Waals surface area contributed by atoms with Crippen LogP contribution in [0.25, 0.3) is 0 Å². The highest BCUT2D eigenvalue weighted by Gasteiger charge is 2.31. The lowest BCUT2D eigenvalue weighted by Gasteiger charge is -2.22. The van der Waals surface area contributed by atoms with Gasteiger partial charge in [0.25, 0.3) is 0 Å². The Labute approximate surface area is 129 Å². The minimum absolute atomic E-state index is 0.296. The monoisotopic (exact) mass is 339 g/mol. The highest BCUT2D eigenvalue weighted by atomic mass is 79.9. The first kappa shape index (κ1) is 15.4. The van der Waals surface area contributed by atoms with Gasteiger partial charge in [0, 0.05) is 24.3 Å². The molecule has 0 saturated heterocycles. The third-order valence-corrected chi connectivity index (χ3v) is 4.15. The van der Waals surface area contributed by atoms with Crippen LogP contribution < -0.4 is 4.74 Å². The molecular weight excluding hydrogens is 318 g/mol. The summed E-state index contributed by atoms with van der Waals surface area (Å²) in [5, 5.41) is 0.974. The molecule has 1 aromatic carbocycles. The molecule has 0 aromatic heterocycles. The first-order chi connectivity index (χ1) is 9.74. The van der Waals surface area contributed by atoms with Gasteiger partial charge < -0.3 is 9.64 Å². The molecule has 0 aliphatic heterocycles. The van der Waals surface area contributed by atoms with E-state index in [0.29, 0.717) is 18.4 Å². The molecule has 0 atom stereocenters. The van der Waals surface area contributed by atoms with E-state index in [2.05, 4.69) is 20.8 Å². The predicted molar refractivity (Wildman–Crippen MR) is 84.2 cm³/mol. The first-order valence-electron chi connectivity index (χ1n) is 7.23. The Morgan fingerprint density at radius 1 is 1.30 bits per heavy atom. The van der Waals surface area contributed by atoms with Crippen molar-refractivity contribution in [1.29, 1.82) is 0 Å². The van der Waals surface area contributed by atoms with Crippen molar-refractivity contribution in [3.63, 3.8) is 0 Å². The summed E-state index contributed by atoms with van der Waals surface area (Å²) in [6, 6.07) is 8.46. The van der Waals surface area contributed by atoms with Crippen molar-refractivity contribution in [2.45, 2.75) is 44.7 Å². The van der Waals surface area contributed by atoms with Crippen molar-refractivity contribution in [3.8, 4) is 5.75 Å². The molecule has 0 spiro atoms. The summed E-state index contributed by atoms with van der Waals surface area (Å²) in [7, 11) is 1.67. The van der Waals surface area contributed by atoms with E-state index in [0.717, 1.165) is 43.3 Å². The normalized spacial score (nSPS) is 14.1. The molecule has 2 rings (SSSR count). The maximum absolute atomic E-state index is 12.3. The molecular formula is C16H22BrNO2. The first-order valence-corrected chi connectivity index (χ1v) is 8.35. The van der Waals surface area contributed by atoms with Gasteiger partial charge in [0.2, 0.25) is 5.91 Å². The molecule has 110 valence electrons. The Hall–Kier alpha value is -1.03. The van der Waals surface area contributed by atoms with Gasteiger partial charge in [0.05, 0.1) is 7.11 Å². The van der Waals surface area contributed by atoms with E-state index in [1.807, 2.05) is 24.3 Å². The number of hydrogen-bond donors (Lipinski definition) is 0. The predicted octanol–water partition coefficient (Wildman–Crippen LogP) is 3.75. The molecule has 1 amide bonds. The molecule has 0 unspecified atom stereocenters. The zero-order valence-corrected chi connectivity index (χ0v) is 13.6. The number of benzene rings is 1. The lowest BCUT2D eigenvalue weighted by molar-refractivity contribution is -0.132. The summed E-state index contributed by atoms with van der Waals surface area (Å²) >= 11 is 3.41. The second-order valence-corrected chi connectivity index (χ2v) is 6.04. The minimum Gasteiger partial charge on any atom is -0.497 e. The number of unbranched alkanes of at least 4 members (excludes halogenated alkanes) is 1. The van der Waals surface area contributed by atoms with E-state index in [-0.39, 0.29) is 0 Å². The second-order valence-electron chi connectivity index (χ2n) is 5.25. The lowest BCUT2D eigenvalue weighted by atomic mass is 10.1. The Balaban J connectivity index is 1.92. The number of methoxy groups -OCH3 is 1. The van der Waals surface area contributed by atoms with Crippen LogP contribution >= 0.6 is 15.9 Å². The van der Waals surface area contributed by atoms with Gasteiger partial charge in [-0.05, 0) is 43.4 Å². The molecule has 1 aliphatic rings. The minimum atomic E-state index is 0.296. The van der Waals surface area contributed by atoms with Gasteiger partial charge in [-0.2, -0.15) is 0 Å². The van der Waals surface area contributed by atoms with Crippen molar-refractivity contribution in [2.24, 2.45) is 0 Å². The number of rotatable bonds is 8. The van der Waals surface area contributed by atoms with Crippen LogP contribution in [-0.2, 0) is 11.3 Å². The molecule has 0 N–H and O–H groups in total. The summed E-state index contributed by atoms with van der Waals surface area (Å²) in [5.41, 5.74) is 1.17. The maximum atomic E-state index is 12.3. The standard InChI is InChI=1S/C16H22BrNO2/c1-20-15-9-5-13(6-10-15)12-18(14-7-8-14)16(19)4-2-3-11-17/h5-6,9-10,14H,2-4,7-8,11-12H2,1H3. The Kier molecular flexibility index (Phi) is 5.89. The van der Waals surface area contributed by atoms with E-state index in [4.69, 9.17) is 4.74 Å². The van der Waals surface area contributed by atoms with Crippen LogP contribution in [0, 0.1) is 0 Å². The fourth-order valence-electron chi connectivity index (χ4n) is 2.25. The number of hydrogen-bond acceptors (Lipinski definition) is 2. The fraction of sp³-hybridized carbons (Fsp3) is 0.562. The highest BCUT2D eigenvalue weighted by molar-refractivity contribution is 9.09. The topological polar surface area (TPSA) is 29.5 Å². The van der Waals surface area contributed by atoms with Gasteiger partial charge in [0.1, 0.15) is 5.75 Å². The number of amides is 1. The van der Waals surface area contributed by atoms with Crippen LogP contribution in [0.2, 0.25) is 0 Å². The molecule has 1 aliphatic carbocycles. The maximum Gasteiger partial charge on any atom is 0.223 e. The molecule has 3 nitrogen and oxygen atoms in total. The van der Waals surface area contributed by atoms with Crippen molar-refractivity contribution in [3.05, 3.63) is 29.8 Å². The largest absolute Gasteiger partial charge is 0.497 e. The summed E-state index contributed by atoms with van der Waals surface area (Å²) in [4.78, 5) is 14.4. The van der Waals surface area contributed by atoms with Gasteiger partial charge in [-0.3, -0.25) is 4.79 Å². The highest BCUT2D eigenvalue weighted by Crippen LogP contribution is 2.29. The quantitative estimate of drug-likeness (QED) is 0.533. The van der Waals surface area contributed by atoms with E-state index < -0.39 is 0 Å². The summed E-state index contributed by atoms with van der Waals surface area (Å²) < 4.78 is 5.16. The number of alkyl halides is 1. The molecule has 0 bridgehead atoms. The van der Waals surface area contributed by atoms with Crippen LogP contribution in [0.5, 0.6) is 5.75 Å². The average molecular weight is 340 g/mol. The smallest absolute Gasteiger partial charge is 0.223 e. The van der Waals surface area contributed by atoms with Crippen LogP contribution in [0.1, 0.15) is 37.7 Å². The fourth-order valence-corrected chi connectivity index (χ4v) is 2.65. The second kappa shape index (κ2) is 7.67. The van der Waals surface area contributed by atoms with Crippen molar-refractivity contribution in [2.75, 3.05) is 12.4 Å². The van der Waals surface area contributed by atoms with E-state index in [9.17, 15) is 4.79 Å². The van der Waals surface area contributed by atoms with Crippen molar-refractivity contribution < 1.29 is 9.53 Å². The molecule has 20 heavy (non-hydrogen) atoms. The summed E-state index contributed by atoms with van der Waals surface area (Å²) in [5.74, 6) is 1.15. The number of carbonyl (C=O) groups excluding carboxylic acids is 1. The number of halogens is 1.